The molecule has 0 aliphatic carbocycles. The van der Waals surface area contributed by atoms with Gasteiger partial charge in [-0.05, 0) is 61.2 Å². The third-order valence-corrected chi connectivity index (χ3v) is 9.71. The number of hydrogen-bond donors (Lipinski definition) is 6. The van der Waals surface area contributed by atoms with Crippen LogP contribution in [0.5, 0.6) is 0 Å². The van der Waals surface area contributed by atoms with Gasteiger partial charge in [0.05, 0.1) is 6.04 Å². The predicted molar refractivity (Wildman–Crippen MR) is 182 cm³/mol. The SMILES string of the molecule is Cc1ccc2c(c1)CNC(=O)[C@H](Cc1c[nH]c3ccccc13)N(C)C(=O)[C@H](CN)NC(=O)[C@H](CCCN)NCc1ccccc1S2. The van der Waals surface area contributed by atoms with E-state index in [2.05, 4.69) is 45.2 Å². The monoisotopic (exact) mass is 641 g/mol. The van der Waals surface area contributed by atoms with E-state index in [-0.39, 0.29) is 31.3 Å². The fourth-order valence-electron chi connectivity index (χ4n) is 5.80. The molecule has 11 heteroatoms. The quantitative estimate of drug-likeness (QED) is 0.189. The van der Waals surface area contributed by atoms with Crippen LogP contribution in [0.3, 0.4) is 0 Å². The van der Waals surface area contributed by atoms with E-state index in [1.807, 2.05) is 55.6 Å². The maximum atomic E-state index is 14.0. The van der Waals surface area contributed by atoms with Crippen molar-refractivity contribution < 1.29 is 14.4 Å². The van der Waals surface area contributed by atoms with Crippen LogP contribution < -0.4 is 27.4 Å². The van der Waals surface area contributed by atoms with E-state index in [0.29, 0.717) is 25.9 Å². The van der Waals surface area contributed by atoms with Crippen molar-refractivity contribution >= 4 is 40.4 Å². The Kier molecular flexibility index (Phi) is 11.1. The number of nitrogens with two attached hydrogens (primary N) is 2. The number of carbonyl (C=O) groups excluding carboxylic acids is 3. The van der Waals surface area contributed by atoms with Gasteiger partial charge in [-0.2, -0.15) is 0 Å². The van der Waals surface area contributed by atoms with Gasteiger partial charge in [0.25, 0.3) is 0 Å². The Hall–Kier alpha value is -4.16. The number of para-hydroxylation sites is 1. The molecule has 0 radical (unpaired) electrons. The van der Waals surface area contributed by atoms with Gasteiger partial charge in [0.15, 0.2) is 0 Å². The summed E-state index contributed by atoms with van der Waals surface area (Å²) in [6, 6.07) is 19.7. The average Bonchev–Trinajstić information content (AvgIpc) is 3.48. The molecule has 8 N–H and O–H groups in total. The molecule has 1 aromatic heterocycles. The number of benzene rings is 3. The van der Waals surface area contributed by atoms with Crippen LogP contribution in [0.25, 0.3) is 10.9 Å². The van der Waals surface area contributed by atoms with Crippen LogP contribution in [-0.4, -0.2) is 65.9 Å². The maximum Gasteiger partial charge on any atom is 0.246 e. The third-order valence-electron chi connectivity index (χ3n) is 8.47. The Balaban J connectivity index is 1.54. The lowest BCUT2D eigenvalue weighted by Gasteiger charge is -2.31. The molecule has 46 heavy (non-hydrogen) atoms. The molecule has 3 amide bonds. The lowest BCUT2D eigenvalue weighted by Crippen LogP contribution is -2.59. The number of nitrogens with zero attached hydrogens (tertiary/aromatic N) is 1. The van der Waals surface area contributed by atoms with E-state index in [1.54, 1.807) is 18.8 Å². The molecule has 0 saturated heterocycles. The van der Waals surface area contributed by atoms with Crippen LogP contribution >= 0.6 is 11.8 Å². The molecule has 0 fully saturated rings. The molecule has 1 aliphatic heterocycles. The lowest BCUT2D eigenvalue weighted by atomic mass is 10.0. The van der Waals surface area contributed by atoms with Gasteiger partial charge in [0, 0.05) is 60.0 Å². The van der Waals surface area contributed by atoms with Crippen molar-refractivity contribution in [2.24, 2.45) is 11.5 Å². The van der Waals surface area contributed by atoms with Crippen molar-refractivity contribution in [1.82, 2.24) is 25.8 Å². The minimum absolute atomic E-state index is 0.119. The molecule has 242 valence electrons. The van der Waals surface area contributed by atoms with Crippen molar-refractivity contribution in [2.45, 2.75) is 67.2 Å². The molecular formula is C35H43N7O3S. The third kappa shape index (κ3) is 7.79. The number of aromatic amines is 1. The topological polar surface area (TPSA) is 158 Å². The Morgan fingerprint density at radius 3 is 2.46 bits per heavy atom. The molecule has 0 bridgehead atoms. The van der Waals surface area contributed by atoms with Gasteiger partial charge >= 0.3 is 0 Å². The highest BCUT2D eigenvalue weighted by Gasteiger charge is 2.33. The van der Waals surface area contributed by atoms with Gasteiger partial charge in [-0.15, -0.1) is 0 Å². The van der Waals surface area contributed by atoms with Crippen LogP contribution in [0.2, 0.25) is 0 Å². The molecule has 0 saturated carbocycles. The number of fused-ring (bicyclic) bond motifs is 3. The maximum absolute atomic E-state index is 14.0. The number of aryl methyl sites for hydroxylation is 1. The summed E-state index contributed by atoms with van der Waals surface area (Å²) in [7, 11) is 1.60. The summed E-state index contributed by atoms with van der Waals surface area (Å²) in [5.41, 5.74) is 16.8. The van der Waals surface area contributed by atoms with E-state index >= 15 is 0 Å². The van der Waals surface area contributed by atoms with Crippen molar-refractivity contribution in [3.63, 3.8) is 0 Å². The number of aromatic nitrogens is 1. The van der Waals surface area contributed by atoms with Crippen LogP contribution in [0.15, 0.2) is 82.7 Å². The molecule has 3 atom stereocenters. The smallest absolute Gasteiger partial charge is 0.246 e. The molecule has 1 aliphatic rings. The van der Waals surface area contributed by atoms with E-state index in [9.17, 15) is 14.4 Å². The number of rotatable bonds is 6. The largest absolute Gasteiger partial charge is 0.361 e. The van der Waals surface area contributed by atoms with Crippen molar-refractivity contribution in [1.29, 1.82) is 0 Å². The zero-order valence-corrected chi connectivity index (χ0v) is 27.2. The van der Waals surface area contributed by atoms with Crippen molar-refractivity contribution in [3.8, 4) is 0 Å². The standard InChI is InChI=1S/C35H43N7O3S/c1-22-13-14-32-25(16-22)21-40-34(44)30(17-24-20-38-27-10-5-4-9-26(24)27)42(2)35(45)29(18-37)41-33(43)28(11-7-15-36)39-19-23-8-3-6-12-31(23)46-32/h3-6,8-10,12-14,16,20,28-30,38-39H,7,11,15,17-19,21,36-37H2,1-2H3,(H,40,44)(H,41,43)/t28-,29-,30-/m0/s1. The molecule has 3 aromatic carbocycles. The molecule has 2 heterocycles. The molecular weight excluding hydrogens is 598 g/mol. The normalized spacial score (nSPS) is 20.0. The zero-order valence-electron chi connectivity index (χ0n) is 26.3. The summed E-state index contributed by atoms with van der Waals surface area (Å²) < 4.78 is 0. The van der Waals surface area contributed by atoms with E-state index in [1.165, 1.54) is 4.90 Å². The van der Waals surface area contributed by atoms with Crippen molar-refractivity contribution in [3.05, 3.63) is 95.2 Å². The number of likely N-dealkylation sites (N-methyl/N-ethyl adjacent to an activating group) is 1. The number of hydrogen-bond acceptors (Lipinski definition) is 7. The summed E-state index contributed by atoms with van der Waals surface area (Å²) in [4.78, 5) is 48.3. The fraction of sp³-hybridized carbons (Fsp3) is 0.343. The first-order valence-electron chi connectivity index (χ1n) is 15.7. The minimum Gasteiger partial charge on any atom is -0.361 e. The van der Waals surface area contributed by atoms with Crippen LogP contribution in [0, 0.1) is 6.92 Å². The summed E-state index contributed by atoms with van der Waals surface area (Å²) in [6.07, 6.45) is 3.27. The summed E-state index contributed by atoms with van der Waals surface area (Å²) in [5.74, 6) is -1.07. The van der Waals surface area contributed by atoms with Gasteiger partial charge in [-0.1, -0.05) is 65.9 Å². The Bertz CT molecular complexity index is 1690. The van der Waals surface area contributed by atoms with Gasteiger partial charge in [-0.3, -0.25) is 14.4 Å². The average molecular weight is 642 g/mol. The Morgan fingerprint density at radius 2 is 1.65 bits per heavy atom. The van der Waals surface area contributed by atoms with Crippen molar-refractivity contribution in [2.75, 3.05) is 20.1 Å². The zero-order chi connectivity index (χ0) is 32.6. The Labute approximate surface area is 274 Å². The first-order chi connectivity index (χ1) is 22.3. The summed E-state index contributed by atoms with van der Waals surface area (Å²) in [6.45, 7) is 3.07. The van der Waals surface area contributed by atoms with E-state index in [0.717, 1.165) is 42.9 Å². The summed E-state index contributed by atoms with van der Waals surface area (Å²) >= 11 is 1.62. The van der Waals surface area contributed by atoms with Gasteiger partial charge in [0.2, 0.25) is 17.7 Å². The van der Waals surface area contributed by atoms with E-state index < -0.39 is 24.0 Å². The molecule has 5 rings (SSSR count). The predicted octanol–water partition coefficient (Wildman–Crippen LogP) is 2.97. The minimum atomic E-state index is -1.01. The number of H-pyrrole nitrogens is 1. The van der Waals surface area contributed by atoms with Crippen LogP contribution in [-0.2, 0) is 33.9 Å². The number of nitrogens with one attached hydrogen (secondary N) is 4. The number of carbonyl (C=O) groups is 3. The van der Waals surface area contributed by atoms with Gasteiger partial charge < -0.3 is 37.3 Å². The Morgan fingerprint density at radius 1 is 0.891 bits per heavy atom. The lowest BCUT2D eigenvalue weighted by molar-refractivity contribution is -0.141. The van der Waals surface area contributed by atoms with E-state index in [4.69, 9.17) is 11.5 Å². The van der Waals surface area contributed by atoms with Crippen LogP contribution in [0.4, 0.5) is 0 Å². The number of amides is 3. The molecule has 0 spiro atoms. The second-order valence-electron chi connectivity index (χ2n) is 11.7. The van der Waals surface area contributed by atoms with Gasteiger partial charge in [-0.25, -0.2) is 0 Å². The first kappa shape index (κ1) is 33.2. The highest BCUT2D eigenvalue weighted by molar-refractivity contribution is 7.99. The summed E-state index contributed by atoms with van der Waals surface area (Å²) in [5, 5.41) is 10.4. The van der Waals surface area contributed by atoms with Crippen LogP contribution in [0.1, 0.15) is 35.1 Å². The fourth-order valence-corrected chi connectivity index (χ4v) is 6.86. The molecule has 0 unspecified atom stereocenters. The second kappa shape index (κ2) is 15.4. The highest BCUT2D eigenvalue weighted by atomic mass is 32.2. The highest BCUT2D eigenvalue weighted by Crippen LogP contribution is 2.34. The first-order valence-corrected chi connectivity index (χ1v) is 16.5. The second-order valence-corrected chi connectivity index (χ2v) is 12.8. The molecule has 4 aromatic rings. The van der Waals surface area contributed by atoms with Gasteiger partial charge in [0.1, 0.15) is 12.1 Å². The molecule has 10 nitrogen and oxygen atoms in total.